The predicted molar refractivity (Wildman–Crippen MR) is 83.3 cm³/mol. The lowest BCUT2D eigenvalue weighted by Gasteiger charge is -2.09. The first-order valence-corrected chi connectivity index (χ1v) is 7.28. The maximum Gasteiger partial charge on any atom is 0.335 e. The van der Waals surface area contributed by atoms with Gasteiger partial charge in [-0.05, 0) is 37.3 Å². The fourth-order valence-electron chi connectivity index (χ4n) is 1.66. The number of aryl methyl sites for hydroxylation is 1. The van der Waals surface area contributed by atoms with Crippen molar-refractivity contribution >= 4 is 40.6 Å². The molecule has 1 aromatic heterocycles. The van der Waals surface area contributed by atoms with E-state index in [0.717, 1.165) is 4.88 Å². The summed E-state index contributed by atoms with van der Waals surface area (Å²) in [6, 6.07) is 7.68. The number of amides is 2. The zero-order chi connectivity index (χ0) is 15.4. The third kappa shape index (κ3) is 4.21. The van der Waals surface area contributed by atoms with E-state index in [0.29, 0.717) is 12.2 Å². The van der Waals surface area contributed by atoms with Gasteiger partial charge in [0.1, 0.15) is 0 Å². The average Bonchev–Trinajstić information content (AvgIpc) is 2.84. The molecule has 0 atom stereocenters. The second-order valence-electron chi connectivity index (χ2n) is 4.32. The van der Waals surface area contributed by atoms with Crippen molar-refractivity contribution in [2.45, 2.75) is 13.5 Å². The highest BCUT2D eigenvalue weighted by Crippen LogP contribution is 2.23. The number of hydrogen-bond acceptors (Lipinski definition) is 3. The normalized spacial score (nSPS) is 10.2. The molecule has 110 valence electrons. The van der Waals surface area contributed by atoms with Crippen LogP contribution in [0.3, 0.4) is 0 Å². The lowest BCUT2D eigenvalue weighted by Crippen LogP contribution is -2.28. The predicted octanol–water partition coefficient (Wildman–Crippen LogP) is 3.73. The second-order valence-corrected chi connectivity index (χ2v) is 6.10. The largest absolute Gasteiger partial charge is 0.478 e. The van der Waals surface area contributed by atoms with E-state index in [4.69, 9.17) is 16.7 Å². The van der Waals surface area contributed by atoms with Crippen molar-refractivity contribution in [1.82, 2.24) is 5.32 Å². The molecule has 5 nitrogen and oxygen atoms in total. The van der Waals surface area contributed by atoms with Gasteiger partial charge in [-0.3, -0.25) is 0 Å². The Kier molecular flexibility index (Phi) is 4.82. The third-order valence-corrected chi connectivity index (χ3v) is 4.00. The van der Waals surface area contributed by atoms with Gasteiger partial charge in [-0.1, -0.05) is 11.6 Å². The SMILES string of the molecule is Cc1ccc(CNC(=O)Nc2ccc(C(=O)O)cc2Cl)s1. The number of carbonyl (C=O) groups is 2. The minimum Gasteiger partial charge on any atom is -0.478 e. The van der Waals surface area contributed by atoms with E-state index in [1.165, 1.54) is 23.1 Å². The Morgan fingerprint density at radius 2 is 2.05 bits per heavy atom. The van der Waals surface area contributed by atoms with E-state index < -0.39 is 12.0 Å². The Bertz CT molecular complexity index is 685. The molecule has 0 spiro atoms. The summed E-state index contributed by atoms with van der Waals surface area (Å²) in [5.74, 6) is -1.07. The summed E-state index contributed by atoms with van der Waals surface area (Å²) >= 11 is 7.54. The number of hydrogen-bond donors (Lipinski definition) is 3. The van der Waals surface area contributed by atoms with Crippen LogP contribution in [0.1, 0.15) is 20.1 Å². The first-order valence-electron chi connectivity index (χ1n) is 6.08. The van der Waals surface area contributed by atoms with Gasteiger partial charge in [0.05, 0.1) is 22.8 Å². The Morgan fingerprint density at radius 1 is 1.29 bits per heavy atom. The molecule has 0 bridgehead atoms. The first kappa shape index (κ1) is 15.3. The molecular formula is C14H13ClN2O3S. The molecule has 7 heteroatoms. The third-order valence-electron chi connectivity index (χ3n) is 2.68. The molecule has 0 unspecified atom stereocenters. The van der Waals surface area contributed by atoms with Crippen molar-refractivity contribution in [2.75, 3.05) is 5.32 Å². The highest BCUT2D eigenvalue weighted by Gasteiger charge is 2.09. The smallest absolute Gasteiger partial charge is 0.335 e. The van der Waals surface area contributed by atoms with Gasteiger partial charge in [0.2, 0.25) is 0 Å². The fraction of sp³-hybridized carbons (Fsp3) is 0.143. The van der Waals surface area contributed by atoms with Gasteiger partial charge in [0.25, 0.3) is 0 Å². The maximum atomic E-state index is 11.8. The summed E-state index contributed by atoms with van der Waals surface area (Å²) in [6.07, 6.45) is 0. The number of aromatic carboxylic acids is 1. The molecule has 0 fully saturated rings. The van der Waals surface area contributed by atoms with Gasteiger partial charge in [-0.2, -0.15) is 0 Å². The van der Waals surface area contributed by atoms with Gasteiger partial charge >= 0.3 is 12.0 Å². The Balaban J connectivity index is 1.94. The van der Waals surface area contributed by atoms with Gasteiger partial charge in [-0.25, -0.2) is 9.59 Å². The molecule has 2 rings (SSSR count). The number of nitrogens with one attached hydrogen (secondary N) is 2. The highest BCUT2D eigenvalue weighted by molar-refractivity contribution is 7.11. The van der Waals surface area contributed by atoms with Crippen LogP contribution in [-0.4, -0.2) is 17.1 Å². The van der Waals surface area contributed by atoms with E-state index in [1.54, 1.807) is 11.3 Å². The van der Waals surface area contributed by atoms with Crippen LogP contribution in [0.5, 0.6) is 0 Å². The van der Waals surface area contributed by atoms with Gasteiger partial charge in [0.15, 0.2) is 0 Å². The number of anilines is 1. The van der Waals surface area contributed by atoms with E-state index in [-0.39, 0.29) is 10.6 Å². The molecule has 0 saturated heterocycles. The van der Waals surface area contributed by atoms with Crippen LogP contribution in [-0.2, 0) is 6.54 Å². The Morgan fingerprint density at radius 3 is 2.62 bits per heavy atom. The Labute approximate surface area is 130 Å². The van der Waals surface area contributed by atoms with Crippen LogP contribution in [0.4, 0.5) is 10.5 Å². The zero-order valence-corrected chi connectivity index (χ0v) is 12.7. The summed E-state index contributed by atoms with van der Waals surface area (Å²) in [7, 11) is 0. The van der Waals surface area contributed by atoms with E-state index >= 15 is 0 Å². The summed E-state index contributed by atoms with van der Waals surface area (Å²) in [5.41, 5.74) is 0.432. The van der Waals surface area contributed by atoms with Crippen LogP contribution < -0.4 is 10.6 Å². The molecule has 0 aliphatic heterocycles. The van der Waals surface area contributed by atoms with Gasteiger partial charge in [0, 0.05) is 9.75 Å². The van der Waals surface area contributed by atoms with E-state index in [2.05, 4.69) is 10.6 Å². The molecule has 2 amide bonds. The number of urea groups is 1. The summed E-state index contributed by atoms with van der Waals surface area (Å²) in [5, 5.41) is 14.3. The molecule has 2 aromatic rings. The summed E-state index contributed by atoms with van der Waals surface area (Å²) in [6.45, 7) is 2.42. The Hall–Kier alpha value is -2.05. The molecule has 21 heavy (non-hydrogen) atoms. The number of carbonyl (C=O) groups excluding carboxylic acids is 1. The lowest BCUT2D eigenvalue weighted by atomic mass is 10.2. The van der Waals surface area contributed by atoms with Crippen LogP contribution in [0.15, 0.2) is 30.3 Å². The first-order chi connectivity index (χ1) is 9.95. The number of benzene rings is 1. The second kappa shape index (κ2) is 6.60. The number of thiophene rings is 1. The number of carboxylic acids is 1. The molecular weight excluding hydrogens is 312 g/mol. The molecule has 0 saturated carbocycles. The summed E-state index contributed by atoms with van der Waals surface area (Å²) < 4.78 is 0. The molecule has 0 aliphatic carbocycles. The van der Waals surface area contributed by atoms with Crippen molar-refractivity contribution in [3.8, 4) is 0 Å². The number of carboxylic acid groups (broad SMARTS) is 1. The van der Waals surface area contributed by atoms with Crippen molar-refractivity contribution in [1.29, 1.82) is 0 Å². The number of rotatable bonds is 4. The molecule has 3 N–H and O–H groups in total. The zero-order valence-electron chi connectivity index (χ0n) is 11.1. The minimum atomic E-state index is -1.07. The van der Waals surface area contributed by atoms with Crippen molar-refractivity contribution in [3.05, 3.63) is 50.7 Å². The van der Waals surface area contributed by atoms with Crippen molar-refractivity contribution < 1.29 is 14.7 Å². The standard InChI is InChI=1S/C14H13ClN2O3S/c1-8-2-4-10(21-8)7-16-14(20)17-12-5-3-9(13(18)19)6-11(12)15/h2-6H,7H2,1H3,(H,18,19)(H2,16,17,20). The lowest BCUT2D eigenvalue weighted by molar-refractivity contribution is 0.0697. The number of halogens is 1. The molecule has 0 aliphatic rings. The van der Waals surface area contributed by atoms with Gasteiger partial charge in [-0.15, -0.1) is 11.3 Å². The average molecular weight is 325 g/mol. The molecule has 1 aromatic carbocycles. The van der Waals surface area contributed by atoms with Crippen LogP contribution in [0.2, 0.25) is 5.02 Å². The van der Waals surface area contributed by atoms with E-state index in [1.807, 2.05) is 19.1 Å². The highest BCUT2D eigenvalue weighted by atomic mass is 35.5. The monoisotopic (exact) mass is 324 g/mol. The van der Waals surface area contributed by atoms with Crippen LogP contribution >= 0.6 is 22.9 Å². The maximum absolute atomic E-state index is 11.8. The van der Waals surface area contributed by atoms with Crippen LogP contribution in [0, 0.1) is 6.92 Å². The van der Waals surface area contributed by atoms with Crippen molar-refractivity contribution in [3.63, 3.8) is 0 Å². The summed E-state index contributed by atoms with van der Waals surface area (Å²) in [4.78, 5) is 24.8. The van der Waals surface area contributed by atoms with Gasteiger partial charge < -0.3 is 15.7 Å². The van der Waals surface area contributed by atoms with Crippen LogP contribution in [0.25, 0.3) is 0 Å². The van der Waals surface area contributed by atoms with Crippen molar-refractivity contribution in [2.24, 2.45) is 0 Å². The fourth-order valence-corrected chi connectivity index (χ4v) is 2.72. The topological polar surface area (TPSA) is 78.4 Å². The quantitative estimate of drug-likeness (QED) is 0.801. The van der Waals surface area contributed by atoms with E-state index in [9.17, 15) is 9.59 Å². The minimum absolute atomic E-state index is 0.0695. The molecule has 1 heterocycles. The molecule has 0 radical (unpaired) electrons.